The molecular weight excluding hydrogens is 294 g/mol. The summed E-state index contributed by atoms with van der Waals surface area (Å²) < 4.78 is 27.3. The molecule has 1 heterocycles. The van der Waals surface area contributed by atoms with E-state index in [1.54, 1.807) is 31.3 Å². The van der Waals surface area contributed by atoms with Crippen molar-refractivity contribution < 1.29 is 8.42 Å². The Balaban J connectivity index is 2.31. The molecule has 2 N–H and O–H groups in total. The van der Waals surface area contributed by atoms with E-state index in [0.29, 0.717) is 10.8 Å². The maximum atomic E-state index is 12.4. The van der Waals surface area contributed by atoms with E-state index in [1.165, 1.54) is 11.3 Å². The number of hydrogen-bond acceptors (Lipinski definition) is 5. The SMILES string of the molecule is CNc1ccccc1S(=O)(=O)Nc1nc(C(C)C)cs1. The lowest BCUT2D eigenvalue weighted by Crippen LogP contribution is -2.14. The third-order valence-corrected chi connectivity index (χ3v) is 5.08. The lowest BCUT2D eigenvalue weighted by molar-refractivity contribution is 0.601. The molecule has 1 aromatic heterocycles. The summed E-state index contributed by atoms with van der Waals surface area (Å²) in [4.78, 5) is 4.50. The highest BCUT2D eigenvalue weighted by atomic mass is 32.2. The summed E-state index contributed by atoms with van der Waals surface area (Å²) in [6, 6.07) is 6.75. The van der Waals surface area contributed by atoms with Gasteiger partial charge in [-0.05, 0) is 18.1 Å². The molecule has 0 unspecified atom stereocenters. The van der Waals surface area contributed by atoms with Crippen molar-refractivity contribution in [2.45, 2.75) is 24.7 Å². The second-order valence-electron chi connectivity index (χ2n) is 4.58. The van der Waals surface area contributed by atoms with Crippen molar-refractivity contribution in [1.82, 2.24) is 4.98 Å². The predicted molar refractivity (Wildman–Crippen MR) is 83.0 cm³/mol. The third-order valence-electron chi connectivity index (χ3n) is 2.78. The molecule has 108 valence electrons. The smallest absolute Gasteiger partial charge is 0.265 e. The highest BCUT2D eigenvalue weighted by molar-refractivity contribution is 7.93. The molecule has 0 saturated carbocycles. The number of anilines is 2. The zero-order chi connectivity index (χ0) is 14.8. The van der Waals surface area contributed by atoms with E-state index in [9.17, 15) is 8.42 Å². The van der Waals surface area contributed by atoms with E-state index < -0.39 is 10.0 Å². The first-order valence-corrected chi connectivity index (χ1v) is 8.55. The highest BCUT2D eigenvalue weighted by Crippen LogP contribution is 2.26. The number of nitrogens with one attached hydrogen (secondary N) is 2. The average molecular weight is 311 g/mol. The monoisotopic (exact) mass is 311 g/mol. The van der Waals surface area contributed by atoms with Gasteiger partial charge in [0.2, 0.25) is 0 Å². The van der Waals surface area contributed by atoms with Gasteiger partial charge in [-0.1, -0.05) is 26.0 Å². The van der Waals surface area contributed by atoms with Crippen LogP contribution in [0.15, 0.2) is 34.5 Å². The molecular formula is C13H17N3O2S2. The molecule has 0 spiro atoms. The van der Waals surface area contributed by atoms with Crippen LogP contribution in [0.25, 0.3) is 0 Å². The van der Waals surface area contributed by atoms with Gasteiger partial charge in [0.1, 0.15) is 4.90 Å². The van der Waals surface area contributed by atoms with E-state index in [4.69, 9.17) is 0 Å². The predicted octanol–water partition coefficient (Wildman–Crippen LogP) is 3.11. The first-order valence-electron chi connectivity index (χ1n) is 6.19. The molecule has 2 aromatic rings. The van der Waals surface area contributed by atoms with E-state index >= 15 is 0 Å². The zero-order valence-corrected chi connectivity index (χ0v) is 13.2. The number of para-hydroxylation sites is 1. The fourth-order valence-electron chi connectivity index (χ4n) is 1.68. The fourth-order valence-corrected chi connectivity index (χ4v) is 4.02. The number of thiazole rings is 1. The van der Waals surface area contributed by atoms with Crippen molar-refractivity contribution in [3.8, 4) is 0 Å². The Morgan fingerprint density at radius 1 is 1.25 bits per heavy atom. The molecule has 0 amide bonds. The summed E-state index contributed by atoms with van der Waals surface area (Å²) >= 11 is 1.29. The number of aromatic nitrogens is 1. The van der Waals surface area contributed by atoms with Crippen LogP contribution >= 0.6 is 11.3 Å². The topological polar surface area (TPSA) is 71.1 Å². The first kappa shape index (κ1) is 14.8. The fraction of sp³-hybridized carbons (Fsp3) is 0.308. The zero-order valence-electron chi connectivity index (χ0n) is 11.5. The Morgan fingerprint density at radius 2 is 1.95 bits per heavy atom. The number of hydrogen-bond donors (Lipinski definition) is 2. The van der Waals surface area contributed by atoms with Crippen LogP contribution in [0.2, 0.25) is 0 Å². The molecule has 1 aromatic carbocycles. The van der Waals surface area contributed by atoms with Gasteiger partial charge in [-0.15, -0.1) is 11.3 Å². The molecule has 0 aliphatic rings. The standard InChI is InChI=1S/C13H17N3O2S2/c1-9(2)11-8-19-13(15-11)16-20(17,18)12-7-5-4-6-10(12)14-3/h4-9,14H,1-3H3,(H,15,16). The van der Waals surface area contributed by atoms with Crippen LogP contribution in [0.5, 0.6) is 0 Å². The van der Waals surface area contributed by atoms with Crippen LogP contribution in [-0.4, -0.2) is 20.4 Å². The normalized spacial score (nSPS) is 11.6. The van der Waals surface area contributed by atoms with E-state index in [-0.39, 0.29) is 10.8 Å². The Hall–Kier alpha value is -1.60. The maximum Gasteiger partial charge on any atom is 0.265 e. The van der Waals surface area contributed by atoms with Crippen LogP contribution in [0.4, 0.5) is 10.8 Å². The highest BCUT2D eigenvalue weighted by Gasteiger charge is 2.19. The van der Waals surface area contributed by atoms with Gasteiger partial charge in [0, 0.05) is 12.4 Å². The molecule has 20 heavy (non-hydrogen) atoms. The minimum atomic E-state index is -3.63. The lowest BCUT2D eigenvalue weighted by atomic mass is 10.2. The summed E-state index contributed by atoms with van der Waals surface area (Å²) in [7, 11) is -1.94. The Kier molecular flexibility index (Phi) is 4.29. The summed E-state index contributed by atoms with van der Waals surface area (Å²) in [6.07, 6.45) is 0. The van der Waals surface area contributed by atoms with E-state index in [1.807, 2.05) is 19.2 Å². The molecule has 0 radical (unpaired) electrons. The van der Waals surface area contributed by atoms with Gasteiger partial charge in [0.15, 0.2) is 5.13 Å². The van der Waals surface area contributed by atoms with Crippen LogP contribution in [0, 0.1) is 0 Å². The van der Waals surface area contributed by atoms with Gasteiger partial charge in [-0.2, -0.15) is 0 Å². The number of sulfonamides is 1. The second-order valence-corrected chi connectivity index (χ2v) is 7.09. The van der Waals surface area contributed by atoms with E-state index in [0.717, 1.165) is 5.69 Å². The van der Waals surface area contributed by atoms with Crippen LogP contribution < -0.4 is 10.0 Å². The van der Waals surface area contributed by atoms with Crippen molar-refractivity contribution in [2.75, 3.05) is 17.1 Å². The minimum absolute atomic E-state index is 0.212. The number of benzene rings is 1. The molecule has 0 aliphatic heterocycles. The third kappa shape index (κ3) is 3.10. The number of nitrogens with zero attached hydrogens (tertiary/aromatic N) is 1. The van der Waals surface area contributed by atoms with Crippen molar-refractivity contribution in [2.24, 2.45) is 0 Å². The summed E-state index contributed by atoms with van der Waals surface area (Å²) in [5.41, 5.74) is 1.44. The van der Waals surface area contributed by atoms with Crippen molar-refractivity contribution >= 4 is 32.2 Å². The van der Waals surface area contributed by atoms with Gasteiger partial charge in [0.05, 0.1) is 11.4 Å². The van der Waals surface area contributed by atoms with Gasteiger partial charge < -0.3 is 5.32 Å². The summed E-state index contributed by atoms with van der Waals surface area (Å²) in [5, 5.41) is 5.13. The van der Waals surface area contributed by atoms with Crippen LogP contribution in [-0.2, 0) is 10.0 Å². The van der Waals surface area contributed by atoms with Crippen LogP contribution in [0.3, 0.4) is 0 Å². The number of rotatable bonds is 5. The minimum Gasteiger partial charge on any atom is -0.387 e. The average Bonchev–Trinajstić information content (AvgIpc) is 2.86. The molecule has 0 bridgehead atoms. The van der Waals surface area contributed by atoms with Crippen molar-refractivity contribution in [3.63, 3.8) is 0 Å². The molecule has 0 saturated heterocycles. The molecule has 0 fully saturated rings. The van der Waals surface area contributed by atoms with Crippen molar-refractivity contribution in [1.29, 1.82) is 0 Å². The van der Waals surface area contributed by atoms with Crippen molar-refractivity contribution in [3.05, 3.63) is 35.3 Å². The molecule has 0 aliphatic carbocycles. The molecule has 5 nitrogen and oxygen atoms in total. The molecule has 2 rings (SSSR count). The molecule has 0 atom stereocenters. The Bertz CT molecular complexity index is 693. The second kappa shape index (κ2) is 5.80. The summed E-state index contributed by atoms with van der Waals surface area (Å²) in [5.74, 6) is 0.272. The Morgan fingerprint density at radius 3 is 2.55 bits per heavy atom. The quantitative estimate of drug-likeness (QED) is 0.890. The first-order chi connectivity index (χ1) is 9.44. The summed E-state index contributed by atoms with van der Waals surface area (Å²) in [6.45, 7) is 4.03. The Labute approximate surface area is 123 Å². The van der Waals surface area contributed by atoms with Gasteiger partial charge >= 0.3 is 0 Å². The largest absolute Gasteiger partial charge is 0.387 e. The maximum absolute atomic E-state index is 12.4. The lowest BCUT2D eigenvalue weighted by Gasteiger charge is -2.10. The molecule has 7 heteroatoms. The van der Waals surface area contributed by atoms with E-state index in [2.05, 4.69) is 15.0 Å². The van der Waals surface area contributed by atoms with Gasteiger partial charge in [0.25, 0.3) is 10.0 Å². The van der Waals surface area contributed by atoms with Gasteiger partial charge in [-0.25, -0.2) is 13.4 Å². The van der Waals surface area contributed by atoms with Crippen LogP contribution in [0.1, 0.15) is 25.5 Å². The van der Waals surface area contributed by atoms with Gasteiger partial charge in [-0.3, -0.25) is 4.72 Å².